The minimum Gasteiger partial charge on any atom is -0.497 e. The van der Waals surface area contributed by atoms with E-state index in [1.165, 1.54) is 19.2 Å². The fourth-order valence-corrected chi connectivity index (χ4v) is 1.47. The molecule has 3 N–H and O–H groups in total. The Bertz CT molecular complexity index is 467. The van der Waals surface area contributed by atoms with Crippen molar-refractivity contribution in [1.29, 1.82) is 0 Å². The van der Waals surface area contributed by atoms with E-state index in [0.717, 1.165) is 4.90 Å². The van der Waals surface area contributed by atoms with Crippen LogP contribution in [0.3, 0.4) is 0 Å². The van der Waals surface area contributed by atoms with Crippen LogP contribution in [0, 0.1) is 0 Å². The summed E-state index contributed by atoms with van der Waals surface area (Å²) in [7, 11) is 1.49. The first-order valence-corrected chi connectivity index (χ1v) is 5.37. The van der Waals surface area contributed by atoms with Gasteiger partial charge in [-0.2, -0.15) is 0 Å². The molecule has 0 aliphatic rings. The van der Waals surface area contributed by atoms with E-state index in [1.54, 1.807) is 12.1 Å². The highest BCUT2D eigenvalue weighted by atomic mass is 16.5. The first-order chi connectivity index (χ1) is 8.93. The van der Waals surface area contributed by atoms with E-state index in [9.17, 15) is 14.4 Å². The van der Waals surface area contributed by atoms with Crippen LogP contribution in [0.25, 0.3) is 0 Å². The van der Waals surface area contributed by atoms with Crippen molar-refractivity contribution in [2.24, 2.45) is 5.73 Å². The second-order valence-corrected chi connectivity index (χ2v) is 3.75. The molecule has 7 heteroatoms. The number of hydrogen-bond acceptors (Lipinski definition) is 4. The molecule has 2 amide bonds. The number of carboxylic acid groups (broad SMARTS) is 1. The van der Waals surface area contributed by atoms with Gasteiger partial charge in [-0.25, -0.2) is 0 Å². The molecule has 0 aliphatic carbocycles. The van der Waals surface area contributed by atoms with E-state index in [-0.39, 0.29) is 5.56 Å². The summed E-state index contributed by atoms with van der Waals surface area (Å²) in [5, 5.41) is 8.71. The Balaban J connectivity index is 2.90. The lowest BCUT2D eigenvalue weighted by molar-refractivity contribution is -0.138. The van der Waals surface area contributed by atoms with Gasteiger partial charge in [0.25, 0.3) is 5.91 Å². The maximum Gasteiger partial charge on any atom is 0.323 e. The molecule has 0 saturated heterocycles. The number of primary amides is 1. The third kappa shape index (κ3) is 4.30. The van der Waals surface area contributed by atoms with Crippen molar-refractivity contribution < 1.29 is 24.2 Å². The quantitative estimate of drug-likeness (QED) is 0.735. The van der Waals surface area contributed by atoms with Crippen LogP contribution >= 0.6 is 0 Å². The number of benzene rings is 1. The molecule has 0 spiro atoms. The molecule has 0 fully saturated rings. The van der Waals surface area contributed by atoms with Gasteiger partial charge < -0.3 is 20.5 Å². The lowest BCUT2D eigenvalue weighted by Gasteiger charge is -2.19. The van der Waals surface area contributed by atoms with Crippen molar-refractivity contribution in [3.8, 4) is 5.75 Å². The number of carbonyl (C=O) groups is 3. The molecule has 0 atom stereocenters. The number of amides is 2. The van der Waals surface area contributed by atoms with Gasteiger partial charge in [0.2, 0.25) is 5.91 Å². The van der Waals surface area contributed by atoms with Crippen LogP contribution in [0.5, 0.6) is 5.75 Å². The van der Waals surface area contributed by atoms with Crippen LogP contribution in [0.4, 0.5) is 0 Å². The smallest absolute Gasteiger partial charge is 0.323 e. The lowest BCUT2D eigenvalue weighted by atomic mass is 10.2. The van der Waals surface area contributed by atoms with Gasteiger partial charge in [-0.1, -0.05) is 0 Å². The number of carboxylic acids is 1. The van der Waals surface area contributed by atoms with Crippen molar-refractivity contribution in [3.63, 3.8) is 0 Å². The molecule has 1 aromatic carbocycles. The number of hydrogen-bond donors (Lipinski definition) is 2. The summed E-state index contributed by atoms with van der Waals surface area (Å²) in [6.07, 6.45) is 0. The summed E-state index contributed by atoms with van der Waals surface area (Å²) >= 11 is 0. The van der Waals surface area contributed by atoms with Crippen molar-refractivity contribution >= 4 is 17.8 Å². The fraction of sp³-hybridized carbons (Fsp3) is 0.250. The summed E-state index contributed by atoms with van der Waals surface area (Å²) in [6.45, 7) is -1.04. The van der Waals surface area contributed by atoms with Crippen molar-refractivity contribution in [2.45, 2.75) is 0 Å². The lowest BCUT2D eigenvalue weighted by Crippen LogP contribution is -2.41. The zero-order valence-electron chi connectivity index (χ0n) is 10.3. The summed E-state index contributed by atoms with van der Waals surface area (Å²) in [5.41, 5.74) is 5.24. The first kappa shape index (κ1) is 14.5. The van der Waals surface area contributed by atoms with Gasteiger partial charge in [-0.3, -0.25) is 14.4 Å². The number of methoxy groups -OCH3 is 1. The Hall–Kier alpha value is -2.57. The first-order valence-electron chi connectivity index (χ1n) is 5.37. The van der Waals surface area contributed by atoms with E-state index in [2.05, 4.69) is 0 Å². The molecular formula is C12H14N2O5. The number of carbonyl (C=O) groups excluding carboxylic acids is 2. The van der Waals surface area contributed by atoms with Crippen LogP contribution in [0.2, 0.25) is 0 Å². The Morgan fingerprint density at radius 1 is 1.21 bits per heavy atom. The topological polar surface area (TPSA) is 110 Å². The predicted molar refractivity (Wildman–Crippen MR) is 65.7 cm³/mol. The summed E-state index contributed by atoms with van der Waals surface area (Å²) in [6, 6.07) is 6.10. The molecule has 102 valence electrons. The molecule has 0 aliphatic heterocycles. The SMILES string of the molecule is COc1ccc(C(=O)N(CC(N)=O)CC(=O)O)cc1. The molecule has 7 nitrogen and oxygen atoms in total. The van der Waals surface area contributed by atoms with E-state index < -0.39 is 30.9 Å². The highest BCUT2D eigenvalue weighted by Crippen LogP contribution is 2.13. The number of aliphatic carboxylic acids is 1. The molecule has 0 saturated carbocycles. The predicted octanol–water partition coefficient (Wildman–Crippen LogP) is -0.293. The van der Waals surface area contributed by atoms with E-state index in [0.29, 0.717) is 5.75 Å². The maximum absolute atomic E-state index is 12.0. The average Bonchev–Trinajstić information content (AvgIpc) is 2.36. The van der Waals surface area contributed by atoms with E-state index >= 15 is 0 Å². The highest BCUT2D eigenvalue weighted by Gasteiger charge is 2.20. The third-order valence-electron chi connectivity index (χ3n) is 2.30. The molecular weight excluding hydrogens is 252 g/mol. The van der Waals surface area contributed by atoms with E-state index in [4.69, 9.17) is 15.6 Å². The monoisotopic (exact) mass is 266 g/mol. The van der Waals surface area contributed by atoms with Gasteiger partial charge >= 0.3 is 5.97 Å². The van der Waals surface area contributed by atoms with Gasteiger partial charge in [0.1, 0.15) is 18.8 Å². The van der Waals surface area contributed by atoms with E-state index in [1.807, 2.05) is 0 Å². The summed E-state index contributed by atoms with van der Waals surface area (Å²) in [5.74, 6) is -2.01. The van der Waals surface area contributed by atoms with Crippen LogP contribution in [-0.4, -0.2) is 48.0 Å². The number of ether oxygens (including phenoxy) is 1. The average molecular weight is 266 g/mol. The van der Waals surface area contributed by atoms with Crippen LogP contribution in [0.15, 0.2) is 24.3 Å². The van der Waals surface area contributed by atoms with Crippen molar-refractivity contribution in [1.82, 2.24) is 4.90 Å². The van der Waals surface area contributed by atoms with Crippen LogP contribution in [0.1, 0.15) is 10.4 Å². The number of nitrogens with zero attached hydrogens (tertiary/aromatic N) is 1. The zero-order valence-corrected chi connectivity index (χ0v) is 10.3. The minimum absolute atomic E-state index is 0.253. The van der Waals surface area contributed by atoms with Crippen LogP contribution < -0.4 is 10.5 Å². The Morgan fingerprint density at radius 2 is 1.79 bits per heavy atom. The Kier molecular flexibility index (Phi) is 4.87. The Labute approximate surface area is 109 Å². The standard InChI is InChI=1S/C12H14N2O5/c1-19-9-4-2-8(3-5-9)12(18)14(6-10(13)15)7-11(16)17/h2-5H,6-7H2,1H3,(H2,13,15)(H,16,17). The highest BCUT2D eigenvalue weighted by molar-refractivity contribution is 5.98. The largest absolute Gasteiger partial charge is 0.497 e. The molecule has 0 aromatic heterocycles. The number of rotatable bonds is 6. The summed E-state index contributed by atoms with van der Waals surface area (Å²) < 4.78 is 4.95. The van der Waals surface area contributed by atoms with Gasteiger partial charge in [-0.05, 0) is 24.3 Å². The molecule has 0 unspecified atom stereocenters. The molecule has 0 heterocycles. The minimum atomic E-state index is -1.22. The maximum atomic E-state index is 12.0. The van der Waals surface area contributed by atoms with Gasteiger partial charge in [0, 0.05) is 5.56 Å². The second-order valence-electron chi connectivity index (χ2n) is 3.75. The Morgan fingerprint density at radius 3 is 2.21 bits per heavy atom. The second kappa shape index (κ2) is 6.39. The molecule has 19 heavy (non-hydrogen) atoms. The fourth-order valence-electron chi connectivity index (χ4n) is 1.47. The zero-order chi connectivity index (χ0) is 14.4. The van der Waals surface area contributed by atoms with Crippen molar-refractivity contribution in [2.75, 3.05) is 20.2 Å². The van der Waals surface area contributed by atoms with Gasteiger partial charge in [-0.15, -0.1) is 0 Å². The molecule has 0 radical (unpaired) electrons. The molecule has 1 rings (SSSR count). The van der Waals surface area contributed by atoms with Gasteiger partial charge in [0.05, 0.1) is 7.11 Å². The van der Waals surface area contributed by atoms with Gasteiger partial charge in [0.15, 0.2) is 0 Å². The number of nitrogens with two attached hydrogens (primary N) is 1. The van der Waals surface area contributed by atoms with Crippen LogP contribution in [-0.2, 0) is 9.59 Å². The third-order valence-corrected chi connectivity index (χ3v) is 2.30. The molecule has 0 bridgehead atoms. The molecule has 1 aromatic rings. The normalized spacial score (nSPS) is 9.74. The summed E-state index contributed by atoms with van der Waals surface area (Å²) in [4.78, 5) is 34.4. The van der Waals surface area contributed by atoms with Crippen molar-refractivity contribution in [3.05, 3.63) is 29.8 Å².